The predicted molar refractivity (Wildman–Crippen MR) is 260 cm³/mol. The fourth-order valence-electron chi connectivity index (χ4n) is 6.98. The lowest BCUT2D eigenvalue weighted by Gasteiger charge is -2.18. The average molecular weight is 837 g/mol. The molecule has 0 aromatic rings. The summed E-state index contributed by atoms with van der Waals surface area (Å²) in [6.45, 7) is 7.51. The van der Waals surface area contributed by atoms with E-state index in [1.54, 1.807) is 0 Å². The fraction of sp³-hybridized carbons (Fsp3) is 0.745. The summed E-state index contributed by atoms with van der Waals surface area (Å²) < 4.78 is 17.3. The highest BCUT2D eigenvalue weighted by Gasteiger charge is 2.17. The van der Waals surface area contributed by atoms with Gasteiger partial charge in [-0.1, -0.05) is 222 Å². The van der Waals surface area contributed by atoms with Crippen molar-refractivity contribution in [2.45, 2.75) is 245 Å². The smallest absolute Gasteiger partial charge is 0.306 e. The van der Waals surface area contributed by atoms with Crippen LogP contribution in [0.2, 0.25) is 0 Å². The van der Waals surface area contributed by atoms with Gasteiger partial charge in [0.15, 0.2) is 6.10 Å². The van der Waals surface area contributed by atoms with Gasteiger partial charge < -0.3 is 14.2 Å². The maximum Gasteiger partial charge on any atom is 0.306 e. The van der Waals surface area contributed by atoms with Crippen molar-refractivity contribution < 1.29 is 23.8 Å². The highest BCUT2D eigenvalue weighted by molar-refractivity contribution is 5.70. The van der Waals surface area contributed by atoms with Gasteiger partial charge in [-0.15, -0.1) is 0 Å². The Morgan fingerprint density at radius 2 is 0.750 bits per heavy atom. The van der Waals surface area contributed by atoms with Crippen LogP contribution in [0.5, 0.6) is 0 Å². The molecule has 0 saturated carbocycles. The van der Waals surface area contributed by atoms with Crippen molar-refractivity contribution in [1.29, 1.82) is 0 Å². The van der Waals surface area contributed by atoms with Gasteiger partial charge in [0.2, 0.25) is 0 Å². The van der Waals surface area contributed by atoms with Gasteiger partial charge in [0.1, 0.15) is 6.61 Å². The molecule has 0 aliphatic rings. The van der Waals surface area contributed by atoms with E-state index in [9.17, 15) is 9.59 Å². The van der Waals surface area contributed by atoms with E-state index < -0.39 is 6.10 Å². The van der Waals surface area contributed by atoms with Gasteiger partial charge in [-0.3, -0.25) is 9.59 Å². The number of rotatable bonds is 46. The predicted octanol–water partition coefficient (Wildman–Crippen LogP) is 17.1. The molecule has 0 radical (unpaired) electrons. The Bertz CT molecular complexity index is 1080. The molecular formula is C55H96O5. The number of carbonyl (C=O) groups is 2. The van der Waals surface area contributed by atoms with Crippen molar-refractivity contribution in [2.75, 3.05) is 19.8 Å². The molecule has 5 nitrogen and oxygen atoms in total. The molecule has 0 aliphatic heterocycles. The molecule has 0 aromatic heterocycles. The SMILES string of the molecule is CC/C=C\C/C=C\C/C=C\C/C=C\C/C=C\CCOCC(COC(=O)CCCCCCC/C=C\CCCCCCCC)OC(=O)CCCCCCCCCCCCCCC. The van der Waals surface area contributed by atoms with Gasteiger partial charge >= 0.3 is 11.9 Å². The molecule has 0 amide bonds. The van der Waals surface area contributed by atoms with Crippen molar-refractivity contribution >= 4 is 11.9 Å². The Labute approximate surface area is 372 Å². The molecule has 0 N–H and O–H groups in total. The van der Waals surface area contributed by atoms with Crippen LogP contribution >= 0.6 is 0 Å². The van der Waals surface area contributed by atoms with Crippen LogP contribution in [0.1, 0.15) is 239 Å². The number of hydrogen-bond donors (Lipinski definition) is 0. The molecule has 0 saturated heterocycles. The van der Waals surface area contributed by atoms with Crippen molar-refractivity contribution in [3.05, 3.63) is 72.9 Å². The summed E-state index contributed by atoms with van der Waals surface area (Å²) >= 11 is 0. The van der Waals surface area contributed by atoms with E-state index in [-0.39, 0.29) is 25.2 Å². The van der Waals surface area contributed by atoms with Crippen molar-refractivity contribution in [3.8, 4) is 0 Å². The topological polar surface area (TPSA) is 61.8 Å². The molecular weight excluding hydrogens is 741 g/mol. The van der Waals surface area contributed by atoms with Gasteiger partial charge in [-0.2, -0.15) is 0 Å². The van der Waals surface area contributed by atoms with Crippen molar-refractivity contribution in [1.82, 2.24) is 0 Å². The summed E-state index contributed by atoms with van der Waals surface area (Å²) in [6.07, 6.45) is 65.0. The molecule has 0 aliphatic carbocycles. The Balaban J connectivity index is 4.38. The molecule has 5 heteroatoms. The normalized spacial score (nSPS) is 12.8. The first kappa shape index (κ1) is 57.3. The second-order valence-corrected chi connectivity index (χ2v) is 16.7. The molecule has 0 fully saturated rings. The van der Waals surface area contributed by atoms with Crippen LogP contribution in [0.25, 0.3) is 0 Å². The van der Waals surface area contributed by atoms with Crippen molar-refractivity contribution in [3.63, 3.8) is 0 Å². The zero-order valence-corrected chi connectivity index (χ0v) is 39.7. The van der Waals surface area contributed by atoms with E-state index >= 15 is 0 Å². The third-order valence-electron chi connectivity index (χ3n) is 10.7. The average Bonchev–Trinajstić information content (AvgIpc) is 3.25. The minimum atomic E-state index is -0.578. The van der Waals surface area contributed by atoms with Gasteiger partial charge in [-0.25, -0.2) is 0 Å². The van der Waals surface area contributed by atoms with Gasteiger partial charge in [0, 0.05) is 12.8 Å². The molecule has 1 atom stereocenters. The van der Waals surface area contributed by atoms with E-state index in [2.05, 4.69) is 93.7 Å². The first-order valence-electron chi connectivity index (χ1n) is 25.5. The summed E-state index contributed by atoms with van der Waals surface area (Å²) in [6, 6.07) is 0. The number of hydrogen-bond acceptors (Lipinski definition) is 5. The zero-order chi connectivity index (χ0) is 43.5. The lowest BCUT2D eigenvalue weighted by molar-refractivity contribution is -0.162. The molecule has 0 spiro atoms. The number of carbonyl (C=O) groups excluding carboxylic acids is 2. The molecule has 1 unspecified atom stereocenters. The van der Waals surface area contributed by atoms with E-state index in [1.165, 1.54) is 128 Å². The quantitative estimate of drug-likeness (QED) is 0.0347. The zero-order valence-electron chi connectivity index (χ0n) is 39.7. The maximum atomic E-state index is 12.8. The lowest BCUT2D eigenvalue weighted by Crippen LogP contribution is -2.30. The minimum absolute atomic E-state index is 0.0515. The highest BCUT2D eigenvalue weighted by atomic mass is 16.6. The first-order chi connectivity index (χ1) is 29.6. The van der Waals surface area contributed by atoms with E-state index in [0.717, 1.165) is 77.0 Å². The standard InChI is InChI=1S/C55H96O5/c1-4-7-10-13-16-19-22-25-27-29-32-35-38-41-44-47-50-58-51-53(60-55(57)49-46-43-40-37-34-30-24-21-18-15-12-9-6-3)52-59-54(56)48-45-42-39-36-33-31-28-26-23-20-17-14-11-8-5-2/h7,10,16,19,25-28,32,35,41,44,53H,4-6,8-9,11-15,17-18,20-24,29-31,33-34,36-40,42-43,45-52H2,1-3H3/b10-7-,19-16-,27-25-,28-26-,35-32-,44-41-. The number of unbranched alkanes of at least 4 members (excludes halogenated alkanes) is 23. The van der Waals surface area contributed by atoms with Gasteiger partial charge in [0.25, 0.3) is 0 Å². The molecule has 60 heavy (non-hydrogen) atoms. The molecule has 0 rings (SSSR count). The minimum Gasteiger partial charge on any atom is -0.462 e. The third kappa shape index (κ3) is 48.0. The monoisotopic (exact) mass is 837 g/mol. The number of esters is 2. The second kappa shape index (κ2) is 50.7. The van der Waals surface area contributed by atoms with Crippen LogP contribution in [-0.2, 0) is 23.8 Å². The Morgan fingerprint density at radius 1 is 0.383 bits per heavy atom. The largest absolute Gasteiger partial charge is 0.462 e. The van der Waals surface area contributed by atoms with Crippen LogP contribution in [0.4, 0.5) is 0 Å². The maximum absolute atomic E-state index is 12.8. The summed E-state index contributed by atoms with van der Waals surface area (Å²) in [5.41, 5.74) is 0. The van der Waals surface area contributed by atoms with Crippen LogP contribution in [0.3, 0.4) is 0 Å². The molecule has 0 heterocycles. The van der Waals surface area contributed by atoms with Crippen LogP contribution < -0.4 is 0 Å². The Kier molecular flexibility index (Phi) is 48.4. The first-order valence-corrected chi connectivity index (χ1v) is 25.5. The Morgan fingerprint density at radius 3 is 1.20 bits per heavy atom. The summed E-state index contributed by atoms with van der Waals surface area (Å²) in [5, 5.41) is 0. The summed E-state index contributed by atoms with van der Waals surface area (Å²) in [5.74, 6) is -0.443. The number of ether oxygens (including phenoxy) is 3. The van der Waals surface area contributed by atoms with E-state index in [4.69, 9.17) is 14.2 Å². The lowest BCUT2D eigenvalue weighted by atomic mass is 10.0. The second-order valence-electron chi connectivity index (χ2n) is 16.7. The summed E-state index contributed by atoms with van der Waals surface area (Å²) in [7, 11) is 0. The Hall–Kier alpha value is -2.66. The molecule has 0 bridgehead atoms. The van der Waals surface area contributed by atoms with Gasteiger partial charge in [0.05, 0.1) is 13.2 Å². The van der Waals surface area contributed by atoms with Crippen LogP contribution in [0, 0.1) is 0 Å². The van der Waals surface area contributed by atoms with Crippen LogP contribution in [-0.4, -0.2) is 37.9 Å². The van der Waals surface area contributed by atoms with Gasteiger partial charge in [-0.05, 0) is 77.0 Å². The van der Waals surface area contributed by atoms with E-state index in [0.29, 0.717) is 19.4 Å². The van der Waals surface area contributed by atoms with Crippen LogP contribution in [0.15, 0.2) is 72.9 Å². The molecule has 0 aromatic carbocycles. The number of allylic oxidation sites excluding steroid dienone is 11. The molecule has 346 valence electrons. The third-order valence-corrected chi connectivity index (χ3v) is 10.7. The van der Waals surface area contributed by atoms with Crippen molar-refractivity contribution in [2.24, 2.45) is 0 Å². The fourth-order valence-corrected chi connectivity index (χ4v) is 6.98. The van der Waals surface area contributed by atoms with E-state index in [1.807, 2.05) is 0 Å². The summed E-state index contributed by atoms with van der Waals surface area (Å²) in [4.78, 5) is 25.4. The highest BCUT2D eigenvalue weighted by Crippen LogP contribution is 2.14.